The fraction of sp³-hybridized carbons (Fsp3) is 0.833. The van der Waals surface area contributed by atoms with Crippen LogP contribution < -0.4 is 0 Å². The number of imide groups is 1. The van der Waals surface area contributed by atoms with Crippen LogP contribution in [0.4, 0.5) is 0 Å². The molecule has 0 aliphatic carbocycles. The number of carbonyl (C=O) groups is 2. The molecule has 1 fully saturated rings. The number of rotatable bonds is 5. The number of amides is 2. The second-order valence-electron chi connectivity index (χ2n) is 4.87. The number of thioether (sulfide) groups is 1. The summed E-state index contributed by atoms with van der Waals surface area (Å²) in [6.45, 7) is 8.59. The fourth-order valence-electron chi connectivity index (χ4n) is 1.72. The van der Waals surface area contributed by atoms with Gasteiger partial charge in [-0.3, -0.25) is 14.5 Å². The van der Waals surface area contributed by atoms with Gasteiger partial charge in [-0.25, -0.2) is 0 Å². The maximum absolute atomic E-state index is 11.8. The summed E-state index contributed by atoms with van der Waals surface area (Å²) in [6, 6.07) is 0. The summed E-state index contributed by atoms with van der Waals surface area (Å²) in [4.78, 5) is 24.9. The van der Waals surface area contributed by atoms with Crippen LogP contribution >= 0.6 is 11.8 Å². The third-order valence-corrected chi connectivity index (χ3v) is 4.35. The molecule has 1 heterocycles. The summed E-state index contributed by atoms with van der Waals surface area (Å²) < 4.78 is 0. The van der Waals surface area contributed by atoms with Gasteiger partial charge in [0.15, 0.2) is 0 Å². The Kier molecular flexibility index (Phi) is 4.84. The first kappa shape index (κ1) is 13.6. The van der Waals surface area contributed by atoms with Crippen LogP contribution in [0.3, 0.4) is 0 Å². The molecule has 0 bridgehead atoms. The SMILES string of the molecule is CC(C)CSCCN1C(=O)[C@H](C)[C@@H](C)C1=O. The molecule has 1 aliphatic rings. The van der Waals surface area contributed by atoms with Gasteiger partial charge in [-0.1, -0.05) is 27.7 Å². The van der Waals surface area contributed by atoms with Crippen LogP contribution in [0.2, 0.25) is 0 Å². The Morgan fingerprint density at radius 1 is 1.19 bits per heavy atom. The second-order valence-corrected chi connectivity index (χ2v) is 6.02. The monoisotopic (exact) mass is 243 g/mol. The normalized spacial score (nSPS) is 25.9. The van der Waals surface area contributed by atoms with E-state index in [1.54, 1.807) is 0 Å². The molecule has 92 valence electrons. The lowest BCUT2D eigenvalue weighted by molar-refractivity contribution is -0.139. The summed E-state index contributed by atoms with van der Waals surface area (Å²) >= 11 is 1.81. The van der Waals surface area contributed by atoms with Crippen molar-refractivity contribution >= 4 is 23.6 Å². The quantitative estimate of drug-likeness (QED) is 0.547. The standard InChI is InChI=1S/C12H21NO2S/c1-8(2)7-16-6-5-13-11(14)9(3)10(4)12(13)15/h8-10H,5-7H2,1-4H3/t9-,10-/m1/s1. The van der Waals surface area contributed by atoms with Gasteiger partial charge in [-0.2, -0.15) is 11.8 Å². The van der Waals surface area contributed by atoms with Gasteiger partial charge in [0.05, 0.1) is 0 Å². The third-order valence-electron chi connectivity index (χ3n) is 2.97. The Balaban J connectivity index is 2.37. The number of nitrogens with zero attached hydrogens (tertiary/aromatic N) is 1. The molecule has 2 atom stereocenters. The first-order valence-corrected chi connectivity index (χ1v) is 7.03. The largest absolute Gasteiger partial charge is 0.281 e. The van der Waals surface area contributed by atoms with Gasteiger partial charge in [0.25, 0.3) is 0 Å². The van der Waals surface area contributed by atoms with Crippen LogP contribution in [0.5, 0.6) is 0 Å². The van der Waals surface area contributed by atoms with Gasteiger partial charge < -0.3 is 0 Å². The molecule has 1 rings (SSSR count). The van der Waals surface area contributed by atoms with Gasteiger partial charge in [-0.15, -0.1) is 0 Å². The minimum absolute atomic E-state index is 0.00245. The summed E-state index contributed by atoms with van der Waals surface area (Å²) in [7, 11) is 0. The van der Waals surface area contributed by atoms with Crippen LogP contribution in [0.1, 0.15) is 27.7 Å². The Labute approximate surface area is 102 Å². The van der Waals surface area contributed by atoms with E-state index in [0.717, 1.165) is 11.5 Å². The predicted octanol–water partition coefficient (Wildman–Crippen LogP) is 2.02. The first-order valence-electron chi connectivity index (χ1n) is 5.88. The molecule has 0 aromatic heterocycles. The number of hydrogen-bond donors (Lipinski definition) is 0. The molecule has 3 nitrogen and oxygen atoms in total. The van der Waals surface area contributed by atoms with E-state index in [0.29, 0.717) is 12.5 Å². The van der Waals surface area contributed by atoms with Gasteiger partial charge in [0.2, 0.25) is 11.8 Å². The van der Waals surface area contributed by atoms with Gasteiger partial charge in [0.1, 0.15) is 0 Å². The summed E-state index contributed by atoms with van der Waals surface area (Å²) in [5.74, 6) is 2.33. The van der Waals surface area contributed by atoms with Crippen LogP contribution in [0.25, 0.3) is 0 Å². The predicted molar refractivity (Wildman–Crippen MR) is 67.2 cm³/mol. The zero-order valence-corrected chi connectivity index (χ0v) is 11.3. The van der Waals surface area contributed by atoms with Gasteiger partial charge >= 0.3 is 0 Å². The van der Waals surface area contributed by atoms with Crippen molar-refractivity contribution in [1.82, 2.24) is 4.90 Å². The summed E-state index contributed by atoms with van der Waals surface area (Å²) in [5.41, 5.74) is 0. The van der Waals surface area contributed by atoms with Crippen molar-refractivity contribution in [2.24, 2.45) is 17.8 Å². The van der Waals surface area contributed by atoms with E-state index >= 15 is 0 Å². The lowest BCUT2D eigenvalue weighted by atomic mass is 10.00. The molecule has 0 aromatic rings. The van der Waals surface area contributed by atoms with Crippen LogP contribution in [0.15, 0.2) is 0 Å². The average Bonchev–Trinajstić information content (AvgIpc) is 2.40. The van der Waals surface area contributed by atoms with E-state index < -0.39 is 0 Å². The minimum atomic E-state index is -0.136. The Morgan fingerprint density at radius 3 is 2.12 bits per heavy atom. The minimum Gasteiger partial charge on any atom is -0.281 e. The fourth-order valence-corrected chi connectivity index (χ4v) is 2.67. The van der Waals surface area contributed by atoms with E-state index in [2.05, 4.69) is 13.8 Å². The highest BCUT2D eigenvalue weighted by atomic mass is 32.2. The van der Waals surface area contributed by atoms with Gasteiger partial charge in [0, 0.05) is 24.1 Å². The average molecular weight is 243 g/mol. The lowest BCUT2D eigenvalue weighted by Crippen LogP contribution is -2.33. The number of hydrogen-bond acceptors (Lipinski definition) is 3. The number of carbonyl (C=O) groups excluding carboxylic acids is 2. The molecule has 16 heavy (non-hydrogen) atoms. The van der Waals surface area contributed by atoms with E-state index in [1.807, 2.05) is 25.6 Å². The highest BCUT2D eigenvalue weighted by molar-refractivity contribution is 7.99. The molecule has 0 saturated carbocycles. The lowest BCUT2D eigenvalue weighted by Gasteiger charge is -2.14. The van der Waals surface area contributed by atoms with Crippen LogP contribution in [-0.2, 0) is 9.59 Å². The van der Waals surface area contributed by atoms with Crippen molar-refractivity contribution in [3.8, 4) is 0 Å². The molecular weight excluding hydrogens is 222 g/mol. The number of likely N-dealkylation sites (tertiary alicyclic amines) is 1. The Bertz CT molecular complexity index is 258. The Morgan fingerprint density at radius 2 is 1.69 bits per heavy atom. The molecule has 0 unspecified atom stereocenters. The first-order chi connectivity index (χ1) is 7.45. The van der Waals surface area contributed by atoms with E-state index in [-0.39, 0.29) is 23.7 Å². The maximum Gasteiger partial charge on any atom is 0.232 e. The van der Waals surface area contributed by atoms with E-state index in [1.165, 1.54) is 4.90 Å². The third kappa shape index (κ3) is 3.00. The Hall–Kier alpha value is -0.510. The molecule has 2 amide bonds. The topological polar surface area (TPSA) is 37.4 Å². The van der Waals surface area contributed by atoms with Crippen molar-refractivity contribution in [2.75, 3.05) is 18.1 Å². The van der Waals surface area contributed by atoms with Crippen molar-refractivity contribution < 1.29 is 9.59 Å². The summed E-state index contributed by atoms with van der Waals surface area (Å²) in [5, 5.41) is 0. The smallest absolute Gasteiger partial charge is 0.232 e. The van der Waals surface area contributed by atoms with E-state index in [4.69, 9.17) is 0 Å². The molecule has 0 aromatic carbocycles. The molecular formula is C12H21NO2S. The highest BCUT2D eigenvalue weighted by Crippen LogP contribution is 2.25. The zero-order chi connectivity index (χ0) is 12.3. The molecule has 1 saturated heterocycles. The van der Waals surface area contributed by atoms with Crippen molar-refractivity contribution in [3.63, 3.8) is 0 Å². The molecule has 1 aliphatic heterocycles. The van der Waals surface area contributed by atoms with Crippen molar-refractivity contribution in [3.05, 3.63) is 0 Å². The van der Waals surface area contributed by atoms with Crippen LogP contribution in [0, 0.1) is 17.8 Å². The molecule has 0 radical (unpaired) electrons. The van der Waals surface area contributed by atoms with Gasteiger partial charge in [-0.05, 0) is 11.7 Å². The maximum atomic E-state index is 11.8. The van der Waals surface area contributed by atoms with Crippen LogP contribution in [-0.4, -0.2) is 34.8 Å². The zero-order valence-electron chi connectivity index (χ0n) is 10.5. The van der Waals surface area contributed by atoms with Crippen molar-refractivity contribution in [2.45, 2.75) is 27.7 Å². The van der Waals surface area contributed by atoms with Crippen molar-refractivity contribution in [1.29, 1.82) is 0 Å². The summed E-state index contributed by atoms with van der Waals surface area (Å²) in [6.07, 6.45) is 0. The second kappa shape index (κ2) is 5.71. The molecule has 0 spiro atoms. The van der Waals surface area contributed by atoms with E-state index in [9.17, 15) is 9.59 Å². The molecule has 4 heteroatoms. The molecule has 0 N–H and O–H groups in total. The highest BCUT2D eigenvalue weighted by Gasteiger charge is 2.41.